The topological polar surface area (TPSA) is 79.3 Å². The molecule has 1 aromatic rings. The molecule has 0 bridgehead atoms. The molecule has 6 heteroatoms. The lowest BCUT2D eigenvalue weighted by atomic mass is 10.2. The summed E-state index contributed by atoms with van der Waals surface area (Å²) in [6.45, 7) is 1.49. The van der Waals surface area contributed by atoms with Gasteiger partial charge in [0.15, 0.2) is 6.10 Å². The van der Waals surface area contributed by atoms with Crippen LogP contribution in [0.5, 0.6) is 0 Å². The Kier molecular flexibility index (Phi) is 3.70. The fraction of sp³-hybridized carbons (Fsp3) is 0.333. The molecule has 18 heavy (non-hydrogen) atoms. The number of rotatable bonds is 2. The fourth-order valence-corrected chi connectivity index (χ4v) is 2.06. The monoisotopic (exact) mass is 265 g/mol. The highest BCUT2D eigenvalue weighted by molar-refractivity contribution is 6.32. The van der Waals surface area contributed by atoms with Crippen molar-refractivity contribution in [1.82, 2.24) is 0 Å². The van der Waals surface area contributed by atoms with E-state index in [-0.39, 0.29) is 0 Å². The number of hydrogen-bond donors (Lipinski definition) is 1. The molecule has 1 aliphatic heterocycles. The Morgan fingerprint density at radius 1 is 1.61 bits per heavy atom. The maximum Gasteiger partial charge on any atom is 0.248 e. The van der Waals surface area contributed by atoms with Crippen LogP contribution in [0.3, 0.4) is 0 Å². The standard InChI is InChI=1S/C12H12ClN3O2/c13-10-5-9(2-1-8(10)6-14)16-3-4-18-11(7-16)12(15)17/h1-2,5,11H,3-4,7H2,(H2,15,17)/t11-/m1/s1. The number of morpholine rings is 1. The number of nitrogens with zero attached hydrogens (tertiary/aromatic N) is 2. The molecule has 2 N–H and O–H groups in total. The van der Waals surface area contributed by atoms with Crippen LogP contribution >= 0.6 is 11.6 Å². The molecular weight excluding hydrogens is 254 g/mol. The Bertz CT molecular complexity index is 513. The minimum Gasteiger partial charge on any atom is -0.367 e. The lowest BCUT2D eigenvalue weighted by molar-refractivity contribution is -0.130. The Morgan fingerprint density at radius 3 is 3.00 bits per heavy atom. The fourth-order valence-electron chi connectivity index (χ4n) is 1.85. The highest BCUT2D eigenvalue weighted by Crippen LogP contribution is 2.24. The van der Waals surface area contributed by atoms with Gasteiger partial charge in [0, 0.05) is 12.2 Å². The summed E-state index contributed by atoms with van der Waals surface area (Å²) >= 11 is 5.98. The third-order valence-electron chi connectivity index (χ3n) is 2.82. The number of carbonyl (C=O) groups is 1. The number of primary amides is 1. The van der Waals surface area contributed by atoms with E-state index in [9.17, 15) is 4.79 Å². The SMILES string of the molecule is N#Cc1ccc(N2CCO[C@@H](C(N)=O)C2)cc1Cl. The van der Waals surface area contributed by atoms with Gasteiger partial charge in [0.25, 0.3) is 0 Å². The first-order valence-corrected chi connectivity index (χ1v) is 5.85. The van der Waals surface area contributed by atoms with E-state index in [1.54, 1.807) is 18.2 Å². The number of benzene rings is 1. The average molecular weight is 266 g/mol. The highest BCUT2D eigenvalue weighted by atomic mass is 35.5. The largest absolute Gasteiger partial charge is 0.367 e. The molecule has 1 aromatic carbocycles. The summed E-state index contributed by atoms with van der Waals surface area (Å²) in [5.74, 6) is -0.473. The van der Waals surface area contributed by atoms with Crippen molar-refractivity contribution < 1.29 is 9.53 Å². The molecule has 2 rings (SSSR count). The number of nitriles is 1. The molecule has 0 aliphatic carbocycles. The predicted octanol–water partition coefficient (Wildman–Crippen LogP) is 0.902. The van der Waals surface area contributed by atoms with Gasteiger partial charge in [0.2, 0.25) is 5.91 Å². The molecule has 1 amide bonds. The zero-order valence-electron chi connectivity index (χ0n) is 9.60. The molecule has 1 aliphatic rings. The van der Waals surface area contributed by atoms with E-state index in [1.165, 1.54) is 0 Å². The number of carbonyl (C=O) groups excluding carboxylic acids is 1. The molecule has 94 valence electrons. The summed E-state index contributed by atoms with van der Waals surface area (Å²) in [5.41, 5.74) is 6.51. The van der Waals surface area contributed by atoms with E-state index >= 15 is 0 Å². The van der Waals surface area contributed by atoms with Gasteiger partial charge < -0.3 is 15.4 Å². The van der Waals surface area contributed by atoms with E-state index in [0.717, 1.165) is 5.69 Å². The Balaban J connectivity index is 2.19. The lowest BCUT2D eigenvalue weighted by Gasteiger charge is -2.33. The molecule has 1 fully saturated rings. The van der Waals surface area contributed by atoms with E-state index in [2.05, 4.69) is 0 Å². The van der Waals surface area contributed by atoms with E-state index in [0.29, 0.717) is 30.3 Å². The zero-order chi connectivity index (χ0) is 13.1. The van der Waals surface area contributed by atoms with Crippen molar-refractivity contribution in [3.8, 4) is 6.07 Å². The van der Waals surface area contributed by atoms with Crippen LogP contribution in [0.1, 0.15) is 5.56 Å². The van der Waals surface area contributed by atoms with Crippen molar-refractivity contribution in [2.45, 2.75) is 6.10 Å². The van der Waals surface area contributed by atoms with E-state index in [4.69, 9.17) is 27.3 Å². The zero-order valence-corrected chi connectivity index (χ0v) is 10.4. The van der Waals surface area contributed by atoms with E-state index in [1.807, 2.05) is 11.0 Å². The van der Waals surface area contributed by atoms with Gasteiger partial charge in [-0.25, -0.2) is 0 Å². The maximum absolute atomic E-state index is 11.1. The van der Waals surface area contributed by atoms with Gasteiger partial charge in [-0.2, -0.15) is 5.26 Å². The van der Waals surface area contributed by atoms with Crippen LogP contribution in [0, 0.1) is 11.3 Å². The summed E-state index contributed by atoms with van der Waals surface area (Å²) in [7, 11) is 0. The Morgan fingerprint density at radius 2 is 2.39 bits per heavy atom. The van der Waals surface area contributed by atoms with Crippen LogP contribution in [0.15, 0.2) is 18.2 Å². The van der Waals surface area contributed by atoms with Crippen molar-refractivity contribution >= 4 is 23.2 Å². The number of nitrogens with two attached hydrogens (primary N) is 1. The third-order valence-corrected chi connectivity index (χ3v) is 3.13. The van der Waals surface area contributed by atoms with Crippen molar-refractivity contribution in [3.05, 3.63) is 28.8 Å². The molecule has 0 saturated carbocycles. The van der Waals surface area contributed by atoms with Crippen molar-refractivity contribution in [2.24, 2.45) is 5.73 Å². The van der Waals surface area contributed by atoms with Crippen LogP contribution in [0.2, 0.25) is 5.02 Å². The van der Waals surface area contributed by atoms with Gasteiger partial charge in [-0.1, -0.05) is 11.6 Å². The quantitative estimate of drug-likeness (QED) is 0.862. The second-order valence-electron chi connectivity index (χ2n) is 3.98. The van der Waals surface area contributed by atoms with Gasteiger partial charge in [0.05, 0.1) is 23.7 Å². The molecule has 1 atom stereocenters. The van der Waals surface area contributed by atoms with Crippen molar-refractivity contribution in [3.63, 3.8) is 0 Å². The predicted molar refractivity (Wildman–Crippen MR) is 67.3 cm³/mol. The highest BCUT2D eigenvalue weighted by Gasteiger charge is 2.25. The number of anilines is 1. The van der Waals surface area contributed by atoms with Crippen molar-refractivity contribution in [1.29, 1.82) is 5.26 Å². The smallest absolute Gasteiger partial charge is 0.248 e. The summed E-state index contributed by atoms with van der Waals surface area (Å²) in [5, 5.41) is 9.21. The van der Waals surface area contributed by atoms with Crippen LogP contribution < -0.4 is 10.6 Å². The maximum atomic E-state index is 11.1. The van der Waals surface area contributed by atoms with Gasteiger partial charge >= 0.3 is 0 Å². The molecule has 0 aromatic heterocycles. The average Bonchev–Trinajstić information content (AvgIpc) is 2.38. The first-order chi connectivity index (χ1) is 8.61. The summed E-state index contributed by atoms with van der Waals surface area (Å²) in [6, 6.07) is 7.17. The molecule has 0 spiro atoms. The van der Waals surface area contributed by atoms with Gasteiger partial charge in [-0.15, -0.1) is 0 Å². The molecular formula is C12H12ClN3O2. The normalized spacial score (nSPS) is 19.3. The summed E-state index contributed by atoms with van der Waals surface area (Å²) in [4.78, 5) is 13.1. The van der Waals surface area contributed by atoms with Crippen molar-refractivity contribution in [2.75, 3.05) is 24.6 Å². The lowest BCUT2D eigenvalue weighted by Crippen LogP contribution is -2.48. The minimum atomic E-state index is -0.604. The van der Waals surface area contributed by atoms with Crippen LogP contribution in [0.25, 0.3) is 0 Å². The van der Waals surface area contributed by atoms with Gasteiger partial charge in [-0.05, 0) is 18.2 Å². The molecule has 1 heterocycles. The number of amides is 1. The van der Waals surface area contributed by atoms with Crippen LogP contribution in [0.4, 0.5) is 5.69 Å². The molecule has 5 nitrogen and oxygen atoms in total. The summed E-state index contributed by atoms with van der Waals surface area (Å²) in [6.07, 6.45) is -0.604. The van der Waals surface area contributed by atoms with Gasteiger partial charge in [0.1, 0.15) is 6.07 Å². The van der Waals surface area contributed by atoms with Crippen LogP contribution in [-0.2, 0) is 9.53 Å². The number of hydrogen-bond acceptors (Lipinski definition) is 4. The molecule has 0 unspecified atom stereocenters. The number of halogens is 1. The minimum absolute atomic E-state index is 0.400. The van der Waals surface area contributed by atoms with Crippen LogP contribution in [-0.4, -0.2) is 31.7 Å². The molecule has 0 radical (unpaired) electrons. The van der Waals surface area contributed by atoms with E-state index < -0.39 is 12.0 Å². The Labute approximate surface area is 110 Å². The van der Waals surface area contributed by atoms with Gasteiger partial charge in [-0.3, -0.25) is 4.79 Å². The first-order valence-electron chi connectivity index (χ1n) is 5.47. The Hall–Kier alpha value is -1.77. The number of ether oxygens (including phenoxy) is 1. The second kappa shape index (κ2) is 5.25. The second-order valence-corrected chi connectivity index (χ2v) is 4.39. The molecule has 1 saturated heterocycles. The summed E-state index contributed by atoms with van der Waals surface area (Å²) < 4.78 is 5.26. The third kappa shape index (κ3) is 2.55. The first kappa shape index (κ1) is 12.7.